The number of ether oxygens (including phenoxy) is 1. The summed E-state index contributed by atoms with van der Waals surface area (Å²) in [6.07, 6.45) is -0.751. The smallest absolute Gasteiger partial charge is 0.127 e. The predicted octanol–water partition coefficient (Wildman–Crippen LogP) is 4.11. The van der Waals surface area contributed by atoms with Gasteiger partial charge in [-0.25, -0.2) is 4.39 Å². The van der Waals surface area contributed by atoms with Crippen molar-refractivity contribution in [2.24, 2.45) is 0 Å². The molecule has 0 spiro atoms. The van der Waals surface area contributed by atoms with Crippen molar-refractivity contribution in [3.05, 3.63) is 63.9 Å². The third kappa shape index (κ3) is 4.10. The maximum Gasteiger partial charge on any atom is 0.127 e. The Bertz CT molecular complexity index is 552. The molecular weight excluding hydrogens is 302 g/mol. The van der Waals surface area contributed by atoms with Crippen LogP contribution in [0.4, 0.5) is 4.39 Å². The van der Waals surface area contributed by atoms with Gasteiger partial charge in [-0.05, 0) is 36.4 Å². The van der Waals surface area contributed by atoms with Crippen LogP contribution >= 0.6 is 23.2 Å². The number of hydrogen-bond acceptors (Lipinski definition) is 2. The molecule has 0 aliphatic heterocycles. The fourth-order valence-electron chi connectivity index (χ4n) is 1.75. The maximum absolute atomic E-state index is 13.6. The molecule has 0 fully saturated rings. The highest BCUT2D eigenvalue weighted by atomic mass is 35.5. The van der Waals surface area contributed by atoms with E-state index in [1.807, 2.05) is 0 Å². The summed E-state index contributed by atoms with van der Waals surface area (Å²) in [6.45, 7) is 0.0479. The van der Waals surface area contributed by atoms with E-state index >= 15 is 0 Å². The molecule has 0 saturated heterocycles. The Morgan fingerprint density at radius 2 is 1.80 bits per heavy atom. The minimum atomic E-state index is -0.847. The molecule has 0 amide bonds. The van der Waals surface area contributed by atoms with E-state index in [1.165, 1.54) is 12.1 Å². The minimum Gasteiger partial charge on any atom is -0.491 e. The molecule has 0 saturated carbocycles. The van der Waals surface area contributed by atoms with Crippen molar-refractivity contribution in [1.82, 2.24) is 0 Å². The van der Waals surface area contributed by atoms with Gasteiger partial charge in [0.1, 0.15) is 18.2 Å². The van der Waals surface area contributed by atoms with E-state index in [9.17, 15) is 9.50 Å². The largest absolute Gasteiger partial charge is 0.491 e. The molecule has 2 nitrogen and oxygen atoms in total. The topological polar surface area (TPSA) is 29.5 Å². The molecule has 0 heterocycles. The van der Waals surface area contributed by atoms with Gasteiger partial charge in [-0.3, -0.25) is 0 Å². The Hall–Kier alpha value is -1.29. The second-order valence-corrected chi connectivity index (χ2v) is 5.17. The van der Waals surface area contributed by atoms with Crippen molar-refractivity contribution in [2.75, 3.05) is 6.61 Å². The van der Waals surface area contributed by atoms with Crippen LogP contribution < -0.4 is 4.74 Å². The van der Waals surface area contributed by atoms with Gasteiger partial charge in [0.2, 0.25) is 0 Å². The van der Waals surface area contributed by atoms with Gasteiger partial charge in [-0.2, -0.15) is 0 Å². The summed E-state index contributed by atoms with van der Waals surface area (Å²) in [7, 11) is 0. The molecule has 2 aromatic carbocycles. The molecule has 0 aromatic heterocycles. The van der Waals surface area contributed by atoms with E-state index < -0.39 is 11.9 Å². The van der Waals surface area contributed by atoms with Crippen LogP contribution in [0.3, 0.4) is 0 Å². The molecule has 1 unspecified atom stereocenters. The average Bonchev–Trinajstić information content (AvgIpc) is 2.42. The first kappa shape index (κ1) is 15.1. The van der Waals surface area contributed by atoms with Gasteiger partial charge in [0.15, 0.2) is 0 Å². The molecule has 0 aliphatic rings. The monoisotopic (exact) mass is 314 g/mol. The summed E-state index contributed by atoms with van der Waals surface area (Å²) in [6, 6.07) is 11.2. The van der Waals surface area contributed by atoms with Gasteiger partial charge in [0, 0.05) is 22.0 Å². The van der Waals surface area contributed by atoms with E-state index in [4.69, 9.17) is 27.9 Å². The molecule has 0 bridgehead atoms. The highest BCUT2D eigenvalue weighted by Crippen LogP contribution is 2.21. The Kier molecular flexibility index (Phi) is 5.24. The van der Waals surface area contributed by atoms with Crippen LogP contribution in [0.15, 0.2) is 42.5 Å². The number of hydrogen-bond donors (Lipinski definition) is 1. The van der Waals surface area contributed by atoms with Crippen LogP contribution in [0.2, 0.25) is 10.0 Å². The van der Waals surface area contributed by atoms with Gasteiger partial charge in [0.25, 0.3) is 0 Å². The van der Waals surface area contributed by atoms with Gasteiger partial charge in [-0.1, -0.05) is 29.3 Å². The van der Waals surface area contributed by atoms with Crippen LogP contribution in [0.1, 0.15) is 5.56 Å². The second-order valence-electron chi connectivity index (χ2n) is 4.32. The van der Waals surface area contributed by atoms with Crippen LogP contribution in [0, 0.1) is 5.82 Å². The Balaban J connectivity index is 1.92. The summed E-state index contributed by atoms with van der Waals surface area (Å²) in [4.78, 5) is 0. The summed E-state index contributed by atoms with van der Waals surface area (Å²) >= 11 is 11.7. The van der Waals surface area contributed by atoms with Crippen molar-refractivity contribution < 1.29 is 14.2 Å². The standard InChI is InChI=1S/C15H13Cl2FO2/c16-10-4-6-12(7-5-10)20-9-11(19)8-13-14(17)2-1-3-15(13)18/h1-7,11,19H,8-9H2. The molecule has 0 radical (unpaired) electrons. The first-order chi connectivity index (χ1) is 9.56. The number of halogens is 3. The molecule has 1 N–H and O–H groups in total. The van der Waals surface area contributed by atoms with Crippen molar-refractivity contribution in [2.45, 2.75) is 12.5 Å². The molecule has 20 heavy (non-hydrogen) atoms. The fraction of sp³-hybridized carbons (Fsp3) is 0.200. The molecule has 5 heteroatoms. The van der Waals surface area contributed by atoms with Crippen LogP contribution in [0.25, 0.3) is 0 Å². The molecular formula is C15H13Cl2FO2. The SMILES string of the molecule is OC(COc1ccc(Cl)cc1)Cc1c(F)cccc1Cl. The number of rotatable bonds is 5. The van der Waals surface area contributed by atoms with E-state index in [-0.39, 0.29) is 13.0 Å². The lowest BCUT2D eigenvalue weighted by molar-refractivity contribution is 0.107. The van der Waals surface area contributed by atoms with E-state index in [1.54, 1.807) is 30.3 Å². The summed E-state index contributed by atoms with van der Waals surface area (Å²) in [5, 5.41) is 10.8. The zero-order valence-corrected chi connectivity index (χ0v) is 12.0. The predicted molar refractivity (Wildman–Crippen MR) is 78.1 cm³/mol. The van der Waals surface area contributed by atoms with Crippen molar-refractivity contribution in [3.63, 3.8) is 0 Å². The van der Waals surface area contributed by atoms with Gasteiger partial charge >= 0.3 is 0 Å². The average molecular weight is 315 g/mol. The summed E-state index contributed by atoms with van der Waals surface area (Å²) in [5.74, 6) is 0.163. The van der Waals surface area contributed by atoms with E-state index in [0.717, 1.165) is 0 Å². The molecule has 106 valence electrons. The third-order valence-electron chi connectivity index (χ3n) is 2.76. The zero-order valence-electron chi connectivity index (χ0n) is 10.5. The van der Waals surface area contributed by atoms with Gasteiger partial charge in [0.05, 0.1) is 6.10 Å². The first-order valence-corrected chi connectivity index (χ1v) is 6.81. The third-order valence-corrected chi connectivity index (χ3v) is 3.36. The van der Waals surface area contributed by atoms with Crippen LogP contribution in [-0.4, -0.2) is 17.8 Å². The van der Waals surface area contributed by atoms with E-state index in [2.05, 4.69) is 0 Å². The van der Waals surface area contributed by atoms with Crippen LogP contribution in [-0.2, 0) is 6.42 Å². The van der Waals surface area contributed by atoms with Crippen molar-refractivity contribution in [3.8, 4) is 5.75 Å². The number of aliphatic hydroxyl groups is 1. The summed E-state index contributed by atoms with van der Waals surface area (Å²) in [5.41, 5.74) is 0.293. The van der Waals surface area contributed by atoms with E-state index in [0.29, 0.717) is 21.4 Å². The Morgan fingerprint density at radius 1 is 1.10 bits per heavy atom. The first-order valence-electron chi connectivity index (χ1n) is 6.05. The molecule has 0 aliphatic carbocycles. The second kappa shape index (κ2) is 6.93. The maximum atomic E-state index is 13.6. The van der Waals surface area contributed by atoms with Crippen molar-refractivity contribution >= 4 is 23.2 Å². The van der Waals surface area contributed by atoms with Gasteiger partial charge < -0.3 is 9.84 Å². The number of benzene rings is 2. The highest BCUT2D eigenvalue weighted by Gasteiger charge is 2.13. The quantitative estimate of drug-likeness (QED) is 0.899. The zero-order chi connectivity index (χ0) is 14.5. The minimum absolute atomic E-state index is 0.0479. The molecule has 2 aromatic rings. The number of aliphatic hydroxyl groups excluding tert-OH is 1. The normalized spacial score (nSPS) is 12.2. The summed E-state index contributed by atoms with van der Waals surface area (Å²) < 4.78 is 19.0. The Morgan fingerprint density at radius 3 is 2.45 bits per heavy atom. The molecule has 1 atom stereocenters. The lowest BCUT2D eigenvalue weighted by Gasteiger charge is -2.13. The van der Waals surface area contributed by atoms with Gasteiger partial charge in [-0.15, -0.1) is 0 Å². The highest BCUT2D eigenvalue weighted by molar-refractivity contribution is 6.31. The lowest BCUT2D eigenvalue weighted by atomic mass is 10.1. The molecule has 2 rings (SSSR count). The van der Waals surface area contributed by atoms with Crippen molar-refractivity contribution in [1.29, 1.82) is 0 Å². The van der Waals surface area contributed by atoms with Crippen LogP contribution in [0.5, 0.6) is 5.75 Å². The lowest BCUT2D eigenvalue weighted by Crippen LogP contribution is -2.21. The fourth-order valence-corrected chi connectivity index (χ4v) is 2.11. The Labute approximate surface area is 126 Å².